The lowest BCUT2D eigenvalue weighted by Crippen LogP contribution is -2.29. The number of benzene rings is 1. The van der Waals surface area contributed by atoms with Gasteiger partial charge in [0.2, 0.25) is 5.91 Å². The third kappa shape index (κ3) is 3.77. The first kappa shape index (κ1) is 18.1. The highest BCUT2D eigenvalue weighted by molar-refractivity contribution is 8.00. The Morgan fingerprint density at radius 2 is 1.73 bits per heavy atom. The lowest BCUT2D eigenvalue weighted by molar-refractivity contribution is -0.127. The Kier molecular flexibility index (Phi) is 5.37. The number of hydrogen-bond acceptors (Lipinski definition) is 5. The first-order valence-corrected chi connectivity index (χ1v) is 9.16. The van der Waals surface area contributed by atoms with Crippen molar-refractivity contribution in [1.29, 1.82) is 0 Å². The molecule has 26 heavy (non-hydrogen) atoms. The summed E-state index contributed by atoms with van der Waals surface area (Å²) in [6.45, 7) is 3.93. The third-order valence-electron chi connectivity index (χ3n) is 3.93. The average Bonchev–Trinajstić information content (AvgIpc) is 3.05. The summed E-state index contributed by atoms with van der Waals surface area (Å²) >= 11 is 1.40. The molecule has 134 valence electrons. The molecule has 3 aromatic rings. The van der Waals surface area contributed by atoms with E-state index in [9.17, 15) is 4.79 Å². The Morgan fingerprint density at radius 1 is 1.08 bits per heavy atom. The number of aromatic nitrogens is 4. The number of pyridine rings is 1. The Balaban J connectivity index is 2.06. The summed E-state index contributed by atoms with van der Waals surface area (Å²) in [5.74, 6) is 0.766. The van der Waals surface area contributed by atoms with Gasteiger partial charge in [-0.25, -0.2) is 0 Å². The van der Waals surface area contributed by atoms with E-state index in [0.717, 1.165) is 17.1 Å². The fraction of sp³-hybridized carbons (Fsp3) is 0.263. The maximum absolute atomic E-state index is 12.3. The smallest absolute Gasteiger partial charge is 0.235 e. The van der Waals surface area contributed by atoms with Crippen molar-refractivity contribution in [3.8, 4) is 17.1 Å². The zero-order valence-electron chi connectivity index (χ0n) is 15.2. The van der Waals surface area contributed by atoms with Crippen molar-refractivity contribution in [3.05, 3.63) is 54.4 Å². The molecule has 3 rings (SSSR count). The fourth-order valence-corrected chi connectivity index (χ4v) is 3.55. The molecular weight excluding hydrogens is 346 g/mol. The molecule has 0 bridgehead atoms. The largest absolute Gasteiger partial charge is 0.348 e. The van der Waals surface area contributed by atoms with Crippen LogP contribution in [0.15, 0.2) is 53.9 Å². The van der Waals surface area contributed by atoms with Gasteiger partial charge in [-0.3, -0.25) is 14.3 Å². The van der Waals surface area contributed by atoms with Crippen LogP contribution < -0.4 is 0 Å². The molecule has 7 heteroatoms. The summed E-state index contributed by atoms with van der Waals surface area (Å²) in [6.07, 6.45) is 3.46. The van der Waals surface area contributed by atoms with Gasteiger partial charge >= 0.3 is 0 Å². The van der Waals surface area contributed by atoms with Gasteiger partial charge in [0.1, 0.15) is 0 Å². The van der Waals surface area contributed by atoms with Gasteiger partial charge in [0.05, 0.1) is 5.25 Å². The van der Waals surface area contributed by atoms with E-state index in [4.69, 9.17) is 0 Å². The van der Waals surface area contributed by atoms with Crippen molar-refractivity contribution in [2.24, 2.45) is 0 Å². The van der Waals surface area contributed by atoms with Crippen molar-refractivity contribution >= 4 is 17.7 Å². The average molecular weight is 367 g/mol. The van der Waals surface area contributed by atoms with Crippen molar-refractivity contribution in [2.75, 3.05) is 14.1 Å². The van der Waals surface area contributed by atoms with Gasteiger partial charge in [-0.15, -0.1) is 10.2 Å². The van der Waals surface area contributed by atoms with E-state index in [1.54, 1.807) is 31.4 Å². The minimum absolute atomic E-state index is 0.0407. The maximum Gasteiger partial charge on any atom is 0.235 e. The zero-order valence-corrected chi connectivity index (χ0v) is 16.1. The second kappa shape index (κ2) is 7.70. The van der Waals surface area contributed by atoms with Crippen molar-refractivity contribution in [2.45, 2.75) is 24.3 Å². The molecule has 2 aromatic heterocycles. The summed E-state index contributed by atoms with van der Waals surface area (Å²) in [5.41, 5.74) is 3.06. The molecule has 2 heterocycles. The predicted octanol–water partition coefficient (Wildman–Crippen LogP) is 3.21. The number of carbonyl (C=O) groups excluding carboxylic acids is 1. The fourth-order valence-electron chi connectivity index (χ4n) is 2.53. The highest BCUT2D eigenvalue weighted by Gasteiger charge is 2.22. The van der Waals surface area contributed by atoms with E-state index in [2.05, 4.69) is 27.3 Å². The molecule has 0 aliphatic rings. The van der Waals surface area contributed by atoms with E-state index in [1.807, 2.05) is 42.7 Å². The second-order valence-corrected chi connectivity index (χ2v) is 7.51. The van der Waals surface area contributed by atoms with Crippen LogP contribution in [0.1, 0.15) is 12.5 Å². The Morgan fingerprint density at radius 3 is 2.35 bits per heavy atom. The minimum Gasteiger partial charge on any atom is -0.348 e. The van der Waals surface area contributed by atoms with Crippen LogP contribution in [0.5, 0.6) is 0 Å². The van der Waals surface area contributed by atoms with E-state index >= 15 is 0 Å². The van der Waals surface area contributed by atoms with Crippen molar-refractivity contribution in [1.82, 2.24) is 24.6 Å². The molecule has 0 saturated heterocycles. The molecule has 1 amide bonds. The predicted molar refractivity (Wildman–Crippen MR) is 103 cm³/mol. The summed E-state index contributed by atoms with van der Waals surface area (Å²) in [4.78, 5) is 17.9. The monoisotopic (exact) mass is 367 g/mol. The van der Waals surface area contributed by atoms with Crippen LogP contribution in [0, 0.1) is 6.92 Å². The van der Waals surface area contributed by atoms with Crippen LogP contribution in [0.25, 0.3) is 17.1 Å². The number of hydrogen-bond donors (Lipinski definition) is 0. The minimum atomic E-state index is -0.260. The quantitative estimate of drug-likeness (QED) is 0.648. The zero-order chi connectivity index (χ0) is 18.7. The number of carbonyl (C=O) groups is 1. The molecule has 0 N–H and O–H groups in total. The van der Waals surface area contributed by atoms with E-state index < -0.39 is 0 Å². The number of rotatable bonds is 5. The van der Waals surface area contributed by atoms with Crippen LogP contribution in [-0.4, -0.2) is 49.9 Å². The van der Waals surface area contributed by atoms with E-state index in [-0.39, 0.29) is 11.2 Å². The van der Waals surface area contributed by atoms with Gasteiger partial charge < -0.3 is 4.90 Å². The van der Waals surface area contributed by atoms with E-state index in [1.165, 1.54) is 17.3 Å². The number of aryl methyl sites for hydroxylation is 1. The van der Waals surface area contributed by atoms with Crippen LogP contribution in [0.2, 0.25) is 0 Å². The molecule has 0 saturated carbocycles. The third-order valence-corrected chi connectivity index (χ3v) is 4.97. The standard InChI is InChI=1S/C19H21N5OS/c1-13-5-7-16(8-6-13)24-17(15-9-11-20-12-10-15)21-22-19(24)26-14(2)18(25)23(3)4/h5-12,14H,1-4H3. The maximum atomic E-state index is 12.3. The second-order valence-electron chi connectivity index (χ2n) is 6.21. The van der Waals surface area contributed by atoms with Crippen molar-refractivity contribution in [3.63, 3.8) is 0 Å². The molecule has 0 aliphatic carbocycles. The van der Waals surface area contributed by atoms with Crippen LogP contribution >= 0.6 is 11.8 Å². The van der Waals surface area contributed by atoms with Crippen LogP contribution in [0.3, 0.4) is 0 Å². The molecule has 1 atom stereocenters. The molecule has 6 nitrogen and oxygen atoms in total. The lowest BCUT2D eigenvalue weighted by atomic mass is 10.2. The molecule has 0 aliphatic heterocycles. The van der Waals surface area contributed by atoms with Gasteiger partial charge in [-0.1, -0.05) is 29.5 Å². The molecule has 1 aromatic carbocycles. The van der Waals surface area contributed by atoms with Crippen LogP contribution in [0.4, 0.5) is 0 Å². The number of nitrogens with zero attached hydrogens (tertiary/aromatic N) is 5. The number of amides is 1. The Bertz CT molecular complexity index is 890. The van der Waals surface area contributed by atoms with Gasteiger partial charge in [0, 0.05) is 37.7 Å². The van der Waals surface area contributed by atoms with Gasteiger partial charge in [-0.05, 0) is 38.1 Å². The van der Waals surface area contributed by atoms with Crippen molar-refractivity contribution < 1.29 is 4.79 Å². The first-order chi connectivity index (χ1) is 12.5. The van der Waals surface area contributed by atoms with Crippen LogP contribution in [-0.2, 0) is 4.79 Å². The normalized spacial score (nSPS) is 12.0. The Labute approximate surface area is 157 Å². The summed E-state index contributed by atoms with van der Waals surface area (Å²) in [5, 5.41) is 9.16. The van der Waals surface area contributed by atoms with E-state index in [0.29, 0.717) is 5.16 Å². The Hall–Kier alpha value is -2.67. The topological polar surface area (TPSA) is 63.9 Å². The van der Waals surface area contributed by atoms with Gasteiger partial charge in [0.15, 0.2) is 11.0 Å². The highest BCUT2D eigenvalue weighted by Crippen LogP contribution is 2.30. The first-order valence-electron chi connectivity index (χ1n) is 8.28. The summed E-state index contributed by atoms with van der Waals surface area (Å²) in [6, 6.07) is 12.0. The molecule has 1 unspecified atom stereocenters. The molecular formula is C19H21N5OS. The van der Waals surface area contributed by atoms with Gasteiger partial charge in [0.25, 0.3) is 0 Å². The summed E-state index contributed by atoms with van der Waals surface area (Å²) < 4.78 is 1.98. The highest BCUT2D eigenvalue weighted by atomic mass is 32.2. The van der Waals surface area contributed by atoms with Gasteiger partial charge in [-0.2, -0.15) is 0 Å². The summed E-state index contributed by atoms with van der Waals surface area (Å²) in [7, 11) is 3.51. The molecule has 0 spiro atoms. The molecule has 0 radical (unpaired) electrons. The molecule has 0 fully saturated rings. The SMILES string of the molecule is Cc1ccc(-n2c(SC(C)C(=O)N(C)C)nnc2-c2ccncc2)cc1. The lowest BCUT2D eigenvalue weighted by Gasteiger charge is -2.17. The number of thioether (sulfide) groups is 1.